The molecule has 0 fully saturated rings. The summed E-state index contributed by atoms with van der Waals surface area (Å²) < 4.78 is 15.6. The fraction of sp³-hybridized carbons (Fsp3) is 0.143. The number of aromatic nitrogens is 1. The third kappa shape index (κ3) is 4.70. The second-order valence-electron chi connectivity index (χ2n) is 5.90. The number of hydrogen-bond donors (Lipinski definition) is 2. The number of anilines is 1. The molecule has 0 saturated carbocycles. The van der Waals surface area contributed by atoms with Gasteiger partial charge in [0.2, 0.25) is 0 Å². The van der Waals surface area contributed by atoms with Gasteiger partial charge in [-0.25, -0.2) is 4.79 Å². The Morgan fingerprint density at radius 2 is 1.64 bits per heavy atom. The number of methoxy groups -OCH3 is 2. The Morgan fingerprint density at radius 3 is 2.25 bits per heavy atom. The second-order valence-corrected chi connectivity index (χ2v) is 5.90. The van der Waals surface area contributed by atoms with Crippen LogP contribution in [0.1, 0.15) is 5.56 Å². The second kappa shape index (κ2) is 8.77. The van der Waals surface area contributed by atoms with Gasteiger partial charge in [-0.3, -0.25) is 10.1 Å². The number of carbonyl (C=O) groups excluding carboxylic acids is 1. The summed E-state index contributed by atoms with van der Waals surface area (Å²) in [4.78, 5) is 27.0. The molecule has 3 rings (SSSR count). The zero-order chi connectivity index (χ0) is 19.9. The number of hydrogen-bond acceptors (Lipinski definition) is 5. The van der Waals surface area contributed by atoms with Crippen molar-refractivity contribution in [2.24, 2.45) is 0 Å². The Kier molecular flexibility index (Phi) is 5.96. The van der Waals surface area contributed by atoms with E-state index in [2.05, 4.69) is 10.3 Å². The van der Waals surface area contributed by atoms with E-state index in [0.717, 1.165) is 5.56 Å². The van der Waals surface area contributed by atoms with Crippen LogP contribution in [-0.2, 0) is 11.3 Å². The Bertz CT molecular complexity index is 993. The van der Waals surface area contributed by atoms with Crippen molar-refractivity contribution in [2.45, 2.75) is 6.61 Å². The molecular weight excluding hydrogens is 360 g/mol. The Morgan fingerprint density at radius 1 is 0.964 bits per heavy atom. The number of benzene rings is 2. The molecule has 0 aliphatic rings. The largest absolute Gasteiger partial charge is 0.497 e. The molecule has 0 spiro atoms. The summed E-state index contributed by atoms with van der Waals surface area (Å²) in [7, 11) is 3.10. The van der Waals surface area contributed by atoms with Crippen molar-refractivity contribution < 1.29 is 19.0 Å². The lowest BCUT2D eigenvalue weighted by molar-refractivity contribution is 0.155. The molecule has 0 saturated heterocycles. The van der Waals surface area contributed by atoms with Crippen LogP contribution in [0.5, 0.6) is 11.5 Å². The standard InChI is InChI=1S/C21H20N2O5/c1-26-16-10-15(11-17(12-16)27-2)18-8-9-19(20(24)22-18)23-21(25)28-13-14-6-4-3-5-7-14/h3-12H,13H2,1-2H3,(H,22,24)(H,23,25). The van der Waals surface area contributed by atoms with Crippen LogP contribution in [-0.4, -0.2) is 25.3 Å². The van der Waals surface area contributed by atoms with E-state index < -0.39 is 11.7 Å². The highest BCUT2D eigenvalue weighted by Crippen LogP contribution is 2.28. The highest BCUT2D eigenvalue weighted by Gasteiger charge is 2.10. The molecule has 1 aromatic heterocycles. The van der Waals surface area contributed by atoms with Crippen molar-refractivity contribution >= 4 is 11.8 Å². The third-order valence-electron chi connectivity index (χ3n) is 4.02. The normalized spacial score (nSPS) is 10.2. The highest BCUT2D eigenvalue weighted by atomic mass is 16.5. The van der Waals surface area contributed by atoms with Crippen LogP contribution >= 0.6 is 0 Å². The zero-order valence-corrected chi connectivity index (χ0v) is 15.5. The fourth-order valence-electron chi connectivity index (χ4n) is 2.57. The topological polar surface area (TPSA) is 89.7 Å². The number of carbonyl (C=O) groups is 1. The van der Waals surface area contributed by atoms with Gasteiger partial charge in [0.05, 0.1) is 14.2 Å². The van der Waals surface area contributed by atoms with Crippen LogP contribution in [0.4, 0.5) is 10.5 Å². The van der Waals surface area contributed by atoms with E-state index in [1.807, 2.05) is 30.3 Å². The van der Waals surface area contributed by atoms with E-state index >= 15 is 0 Å². The van der Waals surface area contributed by atoms with E-state index in [4.69, 9.17) is 14.2 Å². The summed E-state index contributed by atoms with van der Waals surface area (Å²) in [6.45, 7) is 0.117. The van der Waals surface area contributed by atoms with E-state index in [1.165, 1.54) is 6.07 Å². The summed E-state index contributed by atoms with van der Waals surface area (Å²) >= 11 is 0. The lowest BCUT2D eigenvalue weighted by atomic mass is 10.1. The molecule has 0 unspecified atom stereocenters. The van der Waals surface area contributed by atoms with Crippen molar-refractivity contribution in [1.82, 2.24) is 4.98 Å². The van der Waals surface area contributed by atoms with Crippen LogP contribution in [0, 0.1) is 0 Å². The molecular formula is C21H20N2O5. The Labute approximate surface area is 161 Å². The molecule has 2 aromatic carbocycles. The Balaban J connectivity index is 1.72. The van der Waals surface area contributed by atoms with E-state index in [-0.39, 0.29) is 12.3 Å². The maximum atomic E-state index is 12.3. The van der Waals surface area contributed by atoms with Gasteiger partial charge >= 0.3 is 6.09 Å². The number of nitrogens with one attached hydrogen (secondary N) is 2. The minimum absolute atomic E-state index is 0.0941. The first kappa shape index (κ1) is 19.0. The first-order valence-electron chi connectivity index (χ1n) is 8.53. The maximum absolute atomic E-state index is 12.3. The molecule has 0 bridgehead atoms. The molecule has 1 amide bonds. The molecule has 0 aliphatic carbocycles. The van der Waals surface area contributed by atoms with Crippen molar-refractivity contribution in [1.29, 1.82) is 0 Å². The van der Waals surface area contributed by atoms with Crippen molar-refractivity contribution in [3.8, 4) is 22.8 Å². The molecule has 7 nitrogen and oxygen atoms in total. The lowest BCUT2D eigenvalue weighted by Crippen LogP contribution is -2.20. The van der Waals surface area contributed by atoms with Crippen molar-refractivity contribution in [2.75, 3.05) is 19.5 Å². The average Bonchev–Trinajstić information content (AvgIpc) is 2.74. The monoisotopic (exact) mass is 380 g/mol. The zero-order valence-electron chi connectivity index (χ0n) is 15.5. The van der Waals surface area contributed by atoms with Gasteiger partial charge in [-0.15, -0.1) is 0 Å². The van der Waals surface area contributed by atoms with Gasteiger partial charge in [0.15, 0.2) is 0 Å². The molecule has 144 valence electrons. The van der Waals surface area contributed by atoms with Gasteiger partial charge in [0.25, 0.3) is 5.56 Å². The van der Waals surface area contributed by atoms with E-state index in [0.29, 0.717) is 22.8 Å². The van der Waals surface area contributed by atoms with Gasteiger partial charge in [-0.1, -0.05) is 30.3 Å². The molecule has 0 aliphatic heterocycles. The van der Waals surface area contributed by atoms with Gasteiger partial charge in [0.1, 0.15) is 23.8 Å². The predicted octanol–water partition coefficient (Wildman–Crippen LogP) is 3.81. The number of rotatable bonds is 6. The van der Waals surface area contributed by atoms with Crippen molar-refractivity contribution in [3.05, 3.63) is 76.6 Å². The first-order valence-corrected chi connectivity index (χ1v) is 8.53. The SMILES string of the molecule is COc1cc(OC)cc(-c2ccc(NC(=O)OCc3ccccc3)c(=O)[nH]2)c1. The highest BCUT2D eigenvalue weighted by molar-refractivity contribution is 5.84. The van der Waals surface area contributed by atoms with Crippen LogP contribution in [0.25, 0.3) is 11.3 Å². The minimum Gasteiger partial charge on any atom is -0.497 e. The number of amides is 1. The van der Waals surface area contributed by atoms with Crippen LogP contribution in [0.2, 0.25) is 0 Å². The van der Waals surface area contributed by atoms with E-state index in [9.17, 15) is 9.59 Å². The summed E-state index contributed by atoms with van der Waals surface area (Å²) in [6, 6.07) is 17.8. The Hall–Kier alpha value is -3.74. The summed E-state index contributed by atoms with van der Waals surface area (Å²) in [5.41, 5.74) is 1.78. The molecule has 0 atom stereocenters. The predicted molar refractivity (Wildman–Crippen MR) is 106 cm³/mol. The number of H-pyrrole nitrogens is 1. The summed E-state index contributed by atoms with van der Waals surface area (Å²) in [5, 5.41) is 2.45. The number of pyridine rings is 1. The fourth-order valence-corrected chi connectivity index (χ4v) is 2.57. The lowest BCUT2D eigenvalue weighted by Gasteiger charge is -2.10. The number of aromatic amines is 1. The smallest absolute Gasteiger partial charge is 0.412 e. The third-order valence-corrected chi connectivity index (χ3v) is 4.02. The average molecular weight is 380 g/mol. The molecule has 3 aromatic rings. The van der Waals surface area contributed by atoms with Crippen molar-refractivity contribution in [3.63, 3.8) is 0 Å². The quantitative estimate of drug-likeness (QED) is 0.679. The van der Waals surface area contributed by atoms with Gasteiger partial charge in [0, 0.05) is 17.3 Å². The van der Waals surface area contributed by atoms with Crippen LogP contribution in [0.3, 0.4) is 0 Å². The number of ether oxygens (including phenoxy) is 3. The van der Waals surface area contributed by atoms with E-state index in [1.54, 1.807) is 38.5 Å². The van der Waals surface area contributed by atoms with Gasteiger partial charge in [-0.05, 0) is 29.8 Å². The molecule has 2 N–H and O–H groups in total. The minimum atomic E-state index is -0.704. The van der Waals surface area contributed by atoms with Crippen LogP contribution < -0.4 is 20.3 Å². The molecule has 1 heterocycles. The summed E-state index contributed by atoms with van der Waals surface area (Å²) in [5.74, 6) is 1.20. The summed E-state index contributed by atoms with van der Waals surface area (Å²) in [6.07, 6.45) is -0.704. The first-order chi connectivity index (χ1) is 13.6. The van der Waals surface area contributed by atoms with Crippen LogP contribution in [0.15, 0.2) is 65.5 Å². The van der Waals surface area contributed by atoms with Gasteiger partial charge in [-0.2, -0.15) is 0 Å². The maximum Gasteiger partial charge on any atom is 0.412 e. The van der Waals surface area contributed by atoms with Gasteiger partial charge < -0.3 is 19.2 Å². The molecule has 28 heavy (non-hydrogen) atoms. The molecule has 7 heteroatoms. The molecule has 0 radical (unpaired) electrons.